The van der Waals surface area contributed by atoms with Gasteiger partial charge in [-0.25, -0.2) is 0 Å². The molecule has 0 aromatic heterocycles. The Morgan fingerprint density at radius 3 is 2.60 bits per heavy atom. The van der Waals surface area contributed by atoms with E-state index in [2.05, 4.69) is 5.92 Å². The number of carbonyl (C=O) groups excluding carboxylic acids is 1. The average molecular weight is 208 g/mol. The van der Waals surface area contributed by atoms with Crippen LogP contribution in [-0.2, 0) is 4.79 Å². The molecule has 0 saturated heterocycles. The van der Waals surface area contributed by atoms with E-state index in [0.717, 1.165) is 6.54 Å². The summed E-state index contributed by atoms with van der Waals surface area (Å²) in [6.07, 6.45) is 8.06. The number of carbonyl (C=O) groups is 1. The lowest BCUT2D eigenvalue weighted by molar-refractivity contribution is -0.131. The zero-order valence-corrected chi connectivity index (χ0v) is 9.62. The van der Waals surface area contributed by atoms with Gasteiger partial charge >= 0.3 is 0 Å². The summed E-state index contributed by atoms with van der Waals surface area (Å²) in [6, 6.07) is 0. The molecule has 15 heavy (non-hydrogen) atoms. The van der Waals surface area contributed by atoms with Crippen LogP contribution in [0.3, 0.4) is 0 Å². The van der Waals surface area contributed by atoms with Crippen molar-refractivity contribution in [2.24, 2.45) is 11.7 Å². The summed E-state index contributed by atoms with van der Waals surface area (Å²) in [4.78, 5) is 13.6. The van der Waals surface area contributed by atoms with Crippen molar-refractivity contribution in [1.29, 1.82) is 0 Å². The quantitative estimate of drug-likeness (QED) is 0.685. The van der Waals surface area contributed by atoms with Crippen LogP contribution in [0.4, 0.5) is 0 Å². The van der Waals surface area contributed by atoms with Crippen LogP contribution in [0.1, 0.15) is 33.1 Å². The molecule has 0 aromatic rings. The predicted molar refractivity (Wildman–Crippen MR) is 61.0 cm³/mol. The Labute approximate surface area is 92.0 Å². The molecular weight excluding hydrogens is 188 g/mol. The van der Waals surface area contributed by atoms with Crippen molar-refractivity contribution in [2.45, 2.75) is 38.6 Å². The van der Waals surface area contributed by atoms with Crippen LogP contribution in [0.15, 0.2) is 0 Å². The number of amides is 1. The summed E-state index contributed by atoms with van der Waals surface area (Å²) in [5, 5.41) is 0. The van der Waals surface area contributed by atoms with Crippen molar-refractivity contribution in [3.63, 3.8) is 0 Å². The van der Waals surface area contributed by atoms with Gasteiger partial charge in [0.25, 0.3) is 0 Å². The Balaban J connectivity index is 2.46. The Hall–Kier alpha value is -1.01. The normalized spacial score (nSPS) is 15.9. The zero-order chi connectivity index (χ0) is 11.5. The molecule has 84 valence electrons. The second-order valence-corrected chi connectivity index (χ2v) is 5.09. The molecule has 3 nitrogen and oxygen atoms in total. The van der Waals surface area contributed by atoms with Gasteiger partial charge in [-0.05, 0) is 32.6 Å². The van der Waals surface area contributed by atoms with Crippen LogP contribution in [0.25, 0.3) is 0 Å². The lowest BCUT2D eigenvalue weighted by Gasteiger charge is -2.25. The minimum absolute atomic E-state index is 0.0763. The van der Waals surface area contributed by atoms with Gasteiger partial charge in [0, 0.05) is 18.5 Å². The minimum Gasteiger partial charge on any atom is -0.331 e. The third-order valence-electron chi connectivity index (χ3n) is 2.42. The molecule has 0 radical (unpaired) electrons. The molecule has 0 aromatic carbocycles. The first-order valence-corrected chi connectivity index (χ1v) is 5.42. The van der Waals surface area contributed by atoms with Crippen LogP contribution in [0.2, 0.25) is 0 Å². The third kappa shape index (κ3) is 4.85. The number of rotatable bonds is 5. The number of hydrogen-bond acceptors (Lipinski definition) is 2. The molecule has 0 heterocycles. The SMILES string of the molecule is C#CCN(CC1CC1)C(=O)CC(C)(C)N. The molecule has 0 atom stereocenters. The molecular formula is C12H20N2O. The van der Waals surface area contributed by atoms with Crippen LogP contribution in [0.5, 0.6) is 0 Å². The highest BCUT2D eigenvalue weighted by Crippen LogP contribution is 2.29. The van der Waals surface area contributed by atoms with Gasteiger partial charge in [-0.1, -0.05) is 5.92 Å². The van der Waals surface area contributed by atoms with Gasteiger partial charge in [-0.3, -0.25) is 4.79 Å². The fourth-order valence-electron chi connectivity index (χ4n) is 1.48. The van der Waals surface area contributed by atoms with E-state index in [1.54, 1.807) is 4.90 Å². The lowest BCUT2D eigenvalue weighted by Crippen LogP contribution is -2.42. The van der Waals surface area contributed by atoms with Gasteiger partial charge in [0.05, 0.1) is 6.54 Å². The molecule has 2 N–H and O–H groups in total. The summed E-state index contributed by atoms with van der Waals surface area (Å²) in [5.41, 5.74) is 5.37. The average Bonchev–Trinajstić information content (AvgIpc) is 2.84. The molecule has 1 rings (SSSR count). The molecule has 1 amide bonds. The summed E-state index contributed by atoms with van der Waals surface area (Å²) in [6.45, 7) is 4.93. The van der Waals surface area contributed by atoms with E-state index in [1.807, 2.05) is 13.8 Å². The van der Waals surface area contributed by atoms with Crippen LogP contribution < -0.4 is 5.73 Å². The maximum atomic E-state index is 11.9. The van der Waals surface area contributed by atoms with Gasteiger partial charge < -0.3 is 10.6 Å². The zero-order valence-electron chi connectivity index (χ0n) is 9.62. The third-order valence-corrected chi connectivity index (χ3v) is 2.42. The van der Waals surface area contributed by atoms with E-state index in [4.69, 9.17) is 12.2 Å². The van der Waals surface area contributed by atoms with Crippen molar-refractivity contribution in [3.8, 4) is 12.3 Å². The Bertz CT molecular complexity index is 268. The second-order valence-electron chi connectivity index (χ2n) is 5.09. The first-order chi connectivity index (χ1) is 6.92. The minimum atomic E-state index is -0.451. The van der Waals surface area contributed by atoms with E-state index in [0.29, 0.717) is 18.9 Å². The Morgan fingerprint density at radius 1 is 1.60 bits per heavy atom. The standard InChI is InChI=1S/C12H20N2O/c1-4-7-14(9-10-5-6-10)11(15)8-12(2,3)13/h1,10H,5-9,13H2,2-3H3. The summed E-state index contributed by atoms with van der Waals surface area (Å²) in [7, 11) is 0. The lowest BCUT2D eigenvalue weighted by atomic mass is 10.0. The fraction of sp³-hybridized carbons (Fsp3) is 0.750. The molecule has 1 aliphatic rings. The fourth-order valence-corrected chi connectivity index (χ4v) is 1.48. The van der Waals surface area contributed by atoms with E-state index >= 15 is 0 Å². The van der Waals surface area contributed by atoms with E-state index in [1.165, 1.54) is 12.8 Å². The van der Waals surface area contributed by atoms with E-state index in [-0.39, 0.29) is 5.91 Å². The number of nitrogens with zero attached hydrogens (tertiary/aromatic N) is 1. The van der Waals surface area contributed by atoms with E-state index < -0.39 is 5.54 Å². The molecule has 0 aliphatic heterocycles. The predicted octanol–water partition coefficient (Wildman–Crippen LogP) is 0.986. The summed E-state index contributed by atoms with van der Waals surface area (Å²) >= 11 is 0. The monoisotopic (exact) mass is 208 g/mol. The second kappa shape index (κ2) is 4.67. The highest BCUT2D eigenvalue weighted by molar-refractivity contribution is 5.77. The maximum Gasteiger partial charge on any atom is 0.225 e. The van der Waals surface area contributed by atoms with Crippen molar-refractivity contribution in [3.05, 3.63) is 0 Å². The summed E-state index contributed by atoms with van der Waals surface area (Å²) < 4.78 is 0. The van der Waals surface area contributed by atoms with E-state index in [9.17, 15) is 4.79 Å². The number of terminal acetylenes is 1. The molecule has 1 aliphatic carbocycles. The van der Waals surface area contributed by atoms with Gasteiger partial charge in [0.15, 0.2) is 0 Å². The number of hydrogen-bond donors (Lipinski definition) is 1. The first kappa shape index (κ1) is 12.1. The topological polar surface area (TPSA) is 46.3 Å². The van der Waals surface area contributed by atoms with Crippen molar-refractivity contribution in [1.82, 2.24) is 4.90 Å². The van der Waals surface area contributed by atoms with Crippen molar-refractivity contribution >= 4 is 5.91 Å². The molecule has 3 heteroatoms. The Morgan fingerprint density at radius 2 is 2.20 bits per heavy atom. The molecule has 0 unspecified atom stereocenters. The summed E-state index contributed by atoms with van der Waals surface area (Å²) in [5.74, 6) is 3.28. The number of nitrogens with two attached hydrogens (primary N) is 1. The highest BCUT2D eigenvalue weighted by Gasteiger charge is 2.28. The molecule has 1 saturated carbocycles. The van der Waals surface area contributed by atoms with Crippen molar-refractivity contribution < 1.29 is 4.79 Å². The van der Waals surface area contributed by atoms with Gasteiger partial charge in [0.2, 0.25) is 5.91 Å². The maximum absolute atomic E-state index is 11.9. The van der Waals surface area contributed by atoms with Crippen molar-refractivity contribution in [2.75, 3.05) is 13.1 Å². The molecule has 0 spiro atoms. The van der Waals surface area contributed by atoms with Gasteiger partial charge in [-0.2, -0.15) is 0 Å². The molecule has 1 fully saturated rings. The highest BCUT2D eigenvalue weighted by atomic mass is 16.2. The van der Waals surface area contributed by atoms with Crippen LogP contribution >= 0.6 is 0 Å². The largest absolute Gasteiger partial charge is 0.331 e. The van der Waals surface area contributed by atoms with Gasteiger partial charge in [0.1, 0.15) is 0 Å². The van der Waals surface area contributed by atoms with Gasteiger partial charge in [-0.15, -0.1) is 6.42 Å². The Kier molecular flexibility index (Phi) is 3.76. The smallest absolute Gasteiger partial charge is 0.225 e. The van der Waals surface area contributed by atoms with Crippen LogP contribution in [0, 0.1) is 18.3 Å². The van der Waals surface area contributed by atoms with Crippen LogP contribution in [-0.4, -0.2) is 29.4 Å². The molecule has 0 bridgehead atoms. The first-order valence-electron chi connectivity index (χ1n) is 5.42.